The van der Waals surface area contributed by atoms with Crippen LogP contribution in [-0.2, 0) is 0 Å². The standard InChI is InChI=1S/C13H15N3O/c14-16-15-12-8-2-1-3-9-13(17)11-7-5-4-6-10(11)12/h4-7,12H,1-3,8-9H2. The number of carbonyl (C=O) groups is 1. The zero-order valence-corrected chi connectivity index (χ0v) is 9.67. The van der Waals surface area contributed by atoms with Crippen LogP contribution in [-0.4, -0.2) is 5.78 Å². The van der Waals surface area contributed by atoms with Crippen LogP contribution in [0.5, 0.6) is 0 Å². The van der Waals surface area contributed by atoms with Crippen LogP contribution in [0.1, 0.15) is 54.1 Å². The number of nitrogens with zero attached hydrogens (tertiary/aromatic N) is 3. The number of hydrogen-bond donors (Lipinski definition) is 0. The zero-order chi connectivity index (χ0) is 12.1. The quantitative estimate of drug-likeness (QED) is 0.404. The van der Waals surface area contributed by atoms with E-state index in [1.807, 2.05) is 24.3 Å². The van der Waals surface area contributed by atoms with Gasteiger partial charge in [0.15, 0.2) is 5.78 Å². The van der Waals surface area contributed by atoms with Crippen molar-refractivity contribution in [2.45, 2.75) is 38.1 Å². The van der Waals surface area contributed by atoms with Crippen LogP contribution in [0.25, 0.3) is 10.4 Å². The lowest BCUT2D eigenvalue weighted by molar-refractivity contribution is 0.0979. The molecule has 0 N–H and O–H groups in total. The number of carbonyl (C=O) groups excluding carboxylic acids is 1. The molecule has 1 aliphatic carbocycles. The molecule has 1 aromatic carbocycles. The van der Waals surface area contributed by atoms with Gasteiger partial charge in [-0.15, -0.1) is 0 Å². The van der Waals surface area contributed by atoms with Gasteiger partial charge in [0.1, 0.15) is 0 Å². The fourth-order valence-corrected chi connectivity index (χ4v) is 2.31. The molecule has 0 amide bonds. The van der Waals surface area contributed by atoms with E-state index in [1.165, 1.54) is 0 Å². The molecular weight excluding hydrogens is 214 g/mol. The second-order valence-corrected chi connectivity index (χ2v) is 4.33. The van der Waals surface area contributed by atoms with Gasteiger partial charge in [-0.05, 0) is 23.9 Å². The van der Waals surface area contributed by atoms with Gasteiger partial charge in [-0.2, -0.15) is 0 Å². The number of ketones is 1. The van der Waals surface area contributed by atoms with Gasteiger partial charge in [-0.3, -0.25) is 4.79 Å². The summed E-state index contributed by atoms with van der Waals surface area (Å²) < 4.78 is 0. The molecule has 0 fully saturated rings. The van der Waals surface area contributed by atoms with Crippen LogP contribution in [0.2, 0.25) is 0 Å². The molecule has 4 nitrogen and oxygen atoms in total. The fraction of sp³-hybridized carbons (Fsp3) is 0.462. The van der Waals surface area contributed by atoms with Crippen molar-refractivity contribution in [2.75, 3.05) is 0 Å². The third-order valence-corrected chi connectivity index (χ3v) is 3.19. The summed E-state index contributed by atoms with van der Waals surface area (Å²) in [7, 11) is 0. The molecule has 0 bridgehead atoms. The number of fused-ring (bicyclic) bond motifs is 1. The van der Waals surface area contributed by atoms with Gasteiger partial charge in [-0.25, -0.2) is 0 Å². The summed E-state index contributed by atoms with van der Waals surface area (Å²) in [6.45, 7) is 0. The monoisotopic (exact) mass is 229 g/mol. The van der Waals surface area contributed by atoms with E-state index >= 15 is 0 Å². The van der Waals surface area contributed by atoms with Crippen molar-refractivity contribution in [3.63, 3.8) is 0 Å². The maximum absolute atomic E-state index is 12.0. The molecule has 1 aromatic rings. The molecule has 0 heterocycles. The van der Waals surface area contributed by atoms with Gasteiger partial charge in [0.05, 0.1) is 6.04 Å². The summed E-state index contributed by atoms with van der Waals surface area (Å²) in [6.07, 6.45) is 4.38. The molecule has 1 atom stereocenters. The Bertz CT molecular complexity index is 463. The van der Waals surface area contributed by atoms with Gasteiger partial charge >= 0.3 is 0 Å². The summed E-state index contributed by atoms with van der Waals surface area (Å²) in [6, 6.07) is 7.30. The average Bonchev–Trinajstić information content (AvgIpc) is 2.43. The average molecular weight is 229 g/mol. The van der Waals surface area contributed by atoms with Crippen LogP contribution in [0.3, 0.4) is 0 Å². The molecule has 0 saturated heterocycles. The van der Waals surface area contributed by atoms with E-state index in [2.05, 4.69) is 10.0 Å². The van der Waals surface area contributed by atoms with Crippen LogP contribution in [0, 0.1) is 0 Å². The second kappa shape index (κ2) is 5.51. The molecule has 0 spiro atoms. The van der Waals surface area contributed by atoms with Crippen molar-refractivity contribution in [1.29, 1.82) is 0 Å². The van der Waals surface area contributed by atoms with E-state index in [0.29, 0.717) is 6.42 Å². The number of rotatable bonds is 1. The first kappa shape index (κ1) is 11.7. The highest BCUT2D eigenvalue weighted by atomic mass is 16.1. The van der Waals surface area contributed by atoms with E-state index in [1.54, 1.807) is 0 Å². The lowest BCUT2D eigenvalue weighted by Gasteiger charge is -2.13. The molecule has 0 aliphatic heterocycles. The maximum Gasteiger partial charge on any atom is 0.163 e. The topological polar surface area (TPSA) is 65.8 Å². The highest BCUT2D eigenvalue weighted by Crippen LogP contribution is 2.30. The van der Waals surface area contributed by atoms with Crippen molar-refractivity contribution in [3.05, 3.63) is 45.8 Å². The highest BCUT2D eigenvalue weighted by Gasteiger charge is 2.19. The van der Waals surface area contributed by atoms with Crippen molar-refractivity contribution in [3.8, 4) is 0 Å². The summed E-state index contributed by atoms with van der Waals surface area (Å²) in [4.78, 5) is 14.9. The molecule has 2 rings (SSSR count). The third-order valence-electron chi connectivity index (χ3n) is 3.19. The molecule has 0 radical (unpaired) electrons. The Balaban J connectivity index is 2.45. The predicted molar refractivity (Wildman–Crippen MR) is 65.7 cm³/mol. The number of hydrogen-bond acceptors (Lipinski definition) is 2. The van der Waals surface area contributed by atoms with Gasteiger partial charge in [-0.1, -0.05) is 42.2 Å². The van der Waals surface area contributed by atoms with Crippen LogP contribution < -0.4 is 0 Å². The Kier molecular flexibility index (Phi) is 3.78. The second-order valence-electron chi connectivity index (χ2n) is 4.33. The molecule has 17 heavy (non-hydrogen) atoms. The summed E-state index contributed by atoms with van der Waals surface area (Å²) >= 11 is 0. The van der Waals surface area contributed by atoms with E-state index in [-0.39, 0.29) is 11.8 Å². The third kappa shape index (κ3) is 2.66. The molecule has 0 aromatic heterocycles. The summed E-state index contributed by atoms with van der Waals surface area (Å²) in [5.41, 5.74) is 10.2. The minimum Gasteiger partial charge on any atom is -0.294 e. The fourth-order valence-electron chi connectivity index (χ4n) is 2.31. The molecule has 1 unspecified atom stereocenters. The van der Waals surface area contributed by atoms with Crippen molar-refractivity contribution in [2.24, 2.45) is 5.11 Å². The lowest BCUT2D eigenvalue weighted by atomic mass is 9.95. The molecule has 4 heteroatoms. The molecule has 88 valence electrons. The normalized spacial score (nSPS) is 20.5. The summed E-state index contributed by atoms with van der Waals surface area (Å²) in [5, 5.41) is 3.83. The summed E-state index contributed by atoms with van der Waals surface area (Å²) in [5.74, 6) is 0.167. The number of Topliss-reactive ketones (excluding diaryl/α,β-unsaturated/α-hetero) is 1. The zero-order valence-electron chi connectivity index (χ0n) is 9.67. The number of azide groups is 1. The molecule has 1 aliphatic rings. The van der Waals surface area contributed by atoms with Gasteiger partial charge < -0.3 is 0 Å². The Labute approximate surface area is 100 Å². The van der Waals surface area contributed by atoms with E-state index in [9.17, 15) is 4.79 Å². The first-order chi connectivity index (χ1) is 8.33. The first-order valence-corrected chi connectivity index (χ1v) is 5.99. The highest BCUT2D eigenvalue weighted by molar-refractivity contribution is 5.97. The molecular formula is C13H15N3O. The van der Waals surface area contributed by atoms with Gasteiger partial charge in [0.25, 0.3) is 0 Å². The Hall–Kier alpha value is -1.80. The predicted octanol–water partition coefficient (Wildman–Crippen LogP) is 4.18. The minimum atomic E-state index is -0.196. The maximum atomic E-state index is 12.0. The van der Waals surface area contributed by atoms with Gasteiger partial charge in [0, 0.05) is 16.9 Å². The first-order valence-electron chi connectivity index (χ1n) is 5.99. The largest absolute Gasteiger partial charge is 0.294 e. The smallest absolute Gasteiger partial charge is 0.163 e. The minimum absolute atomic E-state index is 0.167. The Morgan fingerprint density at radius 1 is 1.24 bits per heavy atom. The van der Waals surface area contributed by atoms with Crippen molar-refractivity contribution in [1.82, 2.24) is 0 Å². The van der Waals surface area contributed by atoms with Crippen LogP contribution >= 0.6 is 0 Å². The lowest BCUT2D eigenvalue weighted by Crippen LogP contribution is -2.05. The Morgan fingerprint density at radius 3 is 2.88 bits per heavy atom. The van der Waals surface area contributed by atoms with E-state index in [0.717, 1.165) is 36.8 Å². The van der Waals surface area contributed by atoms with Crippen LogP contribution in [0.4, 0.5) is 0 Å². The van der Waals surface area contributed by atoms with E-state index in [4.69, 9.17) is 5.53 Å². The van der Waals surface area contributed by atoms with Gasteiger partial charge in [0.2, 0.25) is 0 Å². The Morgan fingerprint density at radius 2 is 2.06 bits per heavy atom. The van der Waals surface area contributed by atoms with Crippen molar-refractivity contribution < 1.29 is 4.79 Å². The SMILES string of the molecule is [N-]=[N+]=NC1CCCCCC(=O)c2ccccc21. The van der Waals surface area contributed by atoms with E-state index < -0.39 is 0 Å². The van der Waals surface area contributed by atoms with Crippen LogP contribution in [0.15, 0.2) is 29.4 Å². The van der Waals surface area contributed by atoms with Crippen molar-refractivity contribution >= 4 is 5.78 Å². The number of benzene rings is 1. The molecule has 0 saturated carbocycles.